The van der Waals surface area contributed by atoms with E-state index in [-0.39, 0.29) is 11.0 Å². The topological polar surface area (TPSA) is 73.7 Å². The van der Waals surface area contributed by atoms with Crippen molar-refractivity contribution in [3.05, 3.63) is 40.9 Å². The molecule has 2 aromatic rings. The average Bonchev–Trinajstić information content (AvgIpc) is 3.06. The number of carbonyl (C=O) groups is 2. The molecule has 132 valence electrons. The van der Waals surface area contributed by atoms with Crippen LogP contribution >= 0.6 is 11.3 Å². The van der Waals surface area contributed by atoms with Gasteiger partial charge in [-0.05, 0) is 37.8 Å². The minimum atomic E-state index is -1.12. The van der Waals surface area contributed by atoms with Crippen molar-refractivity contribution in [2.24, 2.45) is 5.92 Å². The van der Waals surface area contributed by atoms with Gasteiger partial charge < -0.3 is 10.0 Å². The molecule has 0 saturated carbocycles. The predicted molar refractivity (Wildman–Crippen MR) is 97.8 cm³/mol. The maximum atomic E-state index is 12.6. The van der Waals surface area contributed by atoms with Crippen LogP contribution in [0.15, 0.2) is 29.6 Å². The number of aryl methyl sites for hydroxylation is 1. The summed E-state index contributed by atoms with van der Waals surface area (Å²) < 4.78 is 0. The van der Waals surface area contributed by atoms with Crippen molar-refractivity contribution in [1.29, 1.82) is 0 Å². The number of hydrogen-bond donors (Lipinski definition) is 1. The summed E-state index contributed by atoms with van der Waals surface area (Å²) in [4.78, 5) is 31.5. The van der Waals surface area contributed by atoms with Crippen LogP contribution < -0.4 is 4.90 Å². The van der Waals surface area contributed by atoms with Crippen molar-refractivity contribution in [3.63, 3.8) is 0 Å². The molecule has 0 unspecified atom stereocenters. The Morgan fingerprint density at radius 3 is 2.48 bits per heavy atom. The Balaban J connectivity index is 1.82. The second-order valence-corrected chi connectivity index (χ2v) is 7.28. The van der Waals surface area contributed by atoms with Crippen LogP contribution in [-0.2, 0) is 0 Å². The summed E-state index contributed by atoms with van der Waals surface area (Å²) in [5, 5.41) is 11.5. The predicted octanol–water partition coefficient (Wildman–Crippen LogP) is 4.14. The van der Waals surface area contributed by atoms with Crippen LogP contribution in [0.2, 0.25) is 0 Å². The minimum absolute atomic E-state index is 0.122. The fraction of sp³-hybridized carbons (Fsp3) is 0.389. The van der Waals surface area contributed by atoms with Gasteiger partial charge in [-0.2, -0.15) is 0 Å². The fourth-order valence-electron chi connectivity index (χ4n) is 2.84. The number of anilines is 2. The van der Waals surface area contributed by atoms with E-state index in [4.69, 9.17) is 0 Å². The Bertz CT molecular complexity index is 764. The first-order valence-electron chi connectivity index (χ1n) is 8.30. The Labute approximate surface area is 150 Å². The number of hydrogen-bond acceptors (Lipinski definition) is 4. The zero-order valence-electron chi connectivity index (χ0n) is 14.3. The molecule has 1 fully saturated rings. The molecule has 7 heteroatoms. The van der Waals surface area contributed by atoms with Crippen molar-refractivity contribution in [2.75, 3.05) is 18.0 Å². The summed E-state index contributed by atoms with van der Waals surface area (Å²) in [5.74, 6) is 0.516. The monoisotopic (exact) mass is 359 g/mol. The third-order valence-corrected chi connectivity index (χ3v) is 5.28. The first-order valence-corrected chi connectivity index (χ1v) is 9.18. The molecule has 1 aromatic heterocycles. The second-order valence-electron chi connectivity index (χ2n) is 6.44. The molecule has 6 nitrogen and oxygen atoms in total. The molecule has 2 heterocycles. The molecule has 1 N–H and O–H groups in total. The number of likely N-dealkylation sites (tertiary alicyclic amines) is 1. The van der Waals surface area contributed by atoms with Gasteiger partial charge in [-0.25, -0.2) is 14.7 Å². The van der Waals surface area contributed by atoms with Gasteiger partial charge in [0.25, 0.3) is 5.91 Å². The van der Waals surface area contributed by atoms with Crippen LogP contribution in [0.5, 0.6) is 0 Å². The normalized spacial score (nSPS) is 15.2. The molecule has 3 rings (SSSR count). The number of rotatable bonds is 3. The summed E-state index contributed by atoms with van der Waals surface area (Å²) in [6.45, 7) is 5.59. The lowest BCUT2D eigenvalue weighted by Crippen LogP contribution is -2.38. The lowest BCUT2D eigenvalue weighted by Gasteiger charge is -2.29. The summed E-state index contributed by atoms with van der Waals surface area (Å²) in [5.41, 5.74) is 1.87. The summed E-state index contributed by atoms with van der Waals surface area (Å²) in [6.07, 6.45) is 0.866. The molecule has 0 spiro atoms. The van der Waals surface area contributed by atoms with Crippen molar-refractivity contribution in [3.8, 4) is 0 Å². The number of amides is 2. The van der Waals surface area contributed by atoms with Gasteiger partial charge in [-0.15, -0.1) is 11.3 Å². The number of piperidine rings is 1. The van der Waals surface area contributed by atoms with Crippen LogP contribution in [0.1, 0.15) is 35.8 Å². The van der Waals surface area contributed by atoms with Crippen LogP contribution in [0.25, 0.3) is 0 Å². The third kappa shape index (κ3) is 3.82. The van der Waals surface area contributed by atoms with E-state index in [1.807, 2.05) is 19.1 Å². The van der Waals surface area contributed by atoms with Gasteiger partial charge in [-0.3, -0.25) is 4.79 Å². The SMILES string of the molecule is Cc1ccc(N(C(=O)O)c2nc(C(=O)N3CCC(C)CC3)cs2)cc1. The van der Waals surface area contributed by atoms with E-state index in [2.05, 4.69) is 11.9 Å². The molecular formula is C18H21N3O3S. The van der Waals surface area contributed by atoms with E-state index in [0.29, 0.717) is 17.3 Å². The fourth-order valence-corrected chi connectivity index (χ4v) is 3.65. The lowest BCUT2D eigenvalue weighted by atomic mass is 9.99. The highest BCUT2D eigenvalue weighted by Crippen LogP contribution is 2.30. The van der Waals surface area contributed by atoms with Gasteiger partial charge in [0.1, 0.15) is 5.69 Å². The highest BCUT2D eigenvalue weighted by molar-refractivity contribution is 7.14. The van der Waals surface area contributed by atoms with Crippen molar-refractivity contribution in [2.45, 2.75) is 26.7 Å². The van der Waals surface area contributed by atoms with Crippen LogP contribution in [-0.4, -0.2) is 40.1 Å². The van der Waals surface area contributed by atoms with Crippen LogP contribution in [0, 0.1) is 12.8 Å². The van der Waals surface area contributed by atoms with Crippen molar-refractivity contribution < 1.29 is 14.7 Å². The van der Waals surface area contributed by atoms with Gasteiger partial charge in [0.15, 0.2) is 5.13 Å². The number of benzene rings is 1. The van der Waals surface area contributed by atoms with Gasteiger partial charge in [0, 0.05) is 18.5 Å². The molecule has 0 radical (unpaired) electrons. The summed E-state index contributed by atoms with van der Waals surface area (Å²) in [6, 6.07) is 7.16. The second kappa shape index (κ2) is 7.23. The molecule has 1 saturated heterocycles. The Hall–Kier alpha value is -2.41. The van der Waals surface area contributed by atoms with Gasteiger partial charge in [-0.1, -0.05) is 24.6 Å². The van der Waals surface area contributed by atoms with Gasteiger partial charge in [0.2, 0.25) is 0 Å². The first kappa shape index (κ1) is 17.4. The van der Waals surface area contributed by atoms with E-state index in [1.165, 1.54) is 0 Å². The number of thiazole rings is 1. The molecule has 1 aliphatic heterocycles. The first-order chi connectivity index (χ1) is 12.0. The molecule has 0 bridgehead atoms. The van der Waals surface area contributed by atoms with Crippen molar-refractivity contribution in [1.82, 2.24) is 9.88 Å². The Morgan fingerprint density at radius 2 is 1.88 bits per heavy atom. The molecule has 0 atom stereocenters. The minimum Gasteiger partial charge on any atom is -0.464 e. The molecule has 1 aliphatic rings. The number of aromatic nitrogens is 1. The van der Waals surface area contributed by atoms with Crippen LogP contribution in [0.4, 0.5) is 15.6 Å². The highest BCUT2D eigenvalue weighted by Gasteiger charge is 2.26. The number of carboxylic acid groups (broad SMARTS) is 1. The summed E-state index contributed by atoms with van der Waals surface area (Å²) >= 11 is 1.16. The van der Waals surface area contributed by atoms with Crippen LogP contribution in [0.3, 0.4) is 0 Å². The zero-order valence-corrected chi connectivity index (χ0v) is 15.1. The molecule has 2 amide bonds. The zero-order chi connectivity index (χ0) is 18.0. The highest BCUT2D eigenvalue weighted by atomic mass is 32.1. The maximum absolute atomic E-state index is 12.6. The van der Waals surface area contributed by atoms with E-state index in [9.17, 15) is 14.7 Å². The Kier molecular flexibility index (Phi) is 5.03. The van der Waals surface area contributed by atoms with Crippen molar-refractivity contribution >= 4 is 34.2 Å². The van der Waals surface area contributed by atoms with E-state index in [0.717, 1.165) is 47.7 Å². The number of carbonyl (C=O) groups excluding carboxylic acids is 1. The van der Waals surface area contributed by atoms with Gasteiger partial charge in [0.05, 0.1) is 5.69 Å². The maximum Gasteiger partial charge on any atom is 0.418 e. The smallest absolute Gasteiger partial charge is 0.418 e. The number of nitrogens with zero attached hydrogens (tertiary/aromatic N) is 3. The standard InChI is InChI=1S/C18H21N3O3S/c1-12-3-5-14(6-4-12)21(18(23)24)17-19-15(11-25-17)16(22)20-9-7-13(2)8-10-20/h3-6,11,13H,7-10H2,1-2H3,(H,23,24). The molecular weight excluding hydrogens is 338 g/mol. The third-order valence-electron chi connectivity index (χ3n) is 4.46. The van der Waals surface area contributed by atoms with Gasteiger partial charge >= 0.3 is 6.09 Å². The molecule has 1 aromatic carbocycles. The quantitative estimate of drug-likeness (QED) is 0.894. The lowest BCUT2D eigenvalue weighted by molar-refractivity contribution is 0.0692. The average molecular weight is 359 g/mol. The van der Waals surface area contributed by atoms with E-state index < -0.39 is 6.09 Å². The summed E-state index contributed by atoms with van der Waals surface area (Å²) in [7, 11) is 0. The largest absolute Gasteiger partial charge is 0.464 e. The van der Waals surface area contributed by atoms with E-state index >= 15 is 0 Å². The Morgan fingerprint density at radius 1 is 1.24 bits per heavy atom. The molecule has 25 heavy (non-hydrogen) atoms. The van der Waals surface area contributed by atoms with E-state index in [1.54, 1.807) is 22.4 Å². The molecule has 0 aliphatic carbocycles.